The Balaban J connectivity index is 2.48. The molecule has 1 aromatic rings. The van der Waals surface area contributed by atoms with Gasteiger partial charge in [0.15, 0.2) is 0 Å². The zero-order chi connectivity index (χ0) is 12.7. The lowest BCUT2D eigenvalue weighted by molar-refractivity contribution is -0.125. The van der Waals surface area contributed by atoms with E-state index in [1.807, 2.05) is 25.1 Å². The molecule has 0 spiro atoms. The first-order valence-corrected chi connectivity index (χ1v) is 5.96. The minimum absolute atomic E-state index is 0.0594. The Hall–Kier alpha value is -1.35. The number of hydrogen-bond acceptors (Lipinski definition) is 2. The smallest absolute Gasteiger partial charge is 0.246 e. The zero-order valence-electron chi connectivity index (χ0n) is 10.8. The van der Waals surface area contributed by atoms with Crippen LogP contribution in [0, 0.1) is 0 Å². The summed E-state index contributed by atoms with van der Waals surface area (Å²) < 4.78 is 5.05. The Morgan fingerprint density at radius 1 is 1.29 bits per heavy atom. The first-order valence-electron chi connectivity index (χ1n) is 5.96. The fourth-order valence-corrected chi connectivity index (χ4v) is 1.56. The van der Waals surface area contributed by atoms with Crippen molar-refractivity contribution in [2.24, 2.45) is 0 Å². The number of nitrogens with one attached hydrogen (secondary N) is 1. The molecule has 1 aromatic carbocycles. The molecule has 0 aromatic heterocycles. The SMILES string of the molecule is CCOCC(=O)NCC(C)(C)c1ccccc1. The van der Waals surface area contributed by atoms with E-state index in [4.69, 9.17) is 4.74 Å². The highest BCUT2D eigenvalue weighted by Gasteiger charge is 2.20. The Morgan fingerprint density at radius 3 is 2.53 bits per heavy atom. The van der Waals surface area contributed by atoms with E-state index in [0.29, 0.717) is 13.2 Å². The Morgan fingerprint density at radius 2 is 1.94 bits per heavy atom. The van der Waals surface area contributed by atoms with Crippen LogP contribution in [0.4, 0.5) is 0 Å². The maximum absolute atomic E-state index is 11.4. The fraction of sp³-hybridized carbons (Fsp3) is 0.500. The third-order valence-corrected chi connectivity index (χ3v) is 2.72. The molecule has 94 valence electrons. The number of amides is 1. The molecule has 0 fully saturated rings. The standard InChI is InChI=1S/C14H21NO2/c1-4-17-10-13(16)15-11-14(2,3)12-8-6-5-7-9-12/h5-9H,4,10-11H2,1-3H3,(H,15,16). The molecule has 1 rings (SSSR count). The minimum atomic E-state index is -0.0663. The highest BCUT2D eigenvalue weighted by atomic mass is 16.5. The van der Waals surface area contributed by atoms with Crippen LogP contribution in [0.15, 0.2) is 30.3 Å². The molecule has 1 amide bonds. The van der Waals surface area contributed by atoms with E-state index in [1.165, 1.54) is 5.56 Å². The van der Waals surface area contributed by atoms with Gasteiger partial charge in [-0.3, -0.25) is 4.79 Å². The predicted molar refractivity (Wildman–Crippen MR) is 69.0 cm³/mol. The van der Waals surface area contributed by atoms with E-state index in [9.17, 15) is 4.79 Å². The highest BCUT2D eigenvalue weighted by molar-refractivity contribution is 5.77. The van der Waals surface area contributed by atoms with Crippen LogP contribution in [0.3, 0.4) is 0 Å². The minimum Gasteiger partial charge on any atom is -0.372 e. The predicted octanol–water partition coefficient (Wildman–Crippen LogP) is 2.12. The fourth-order valence-electron chi connectivity index (χ4n) is 1.56. The second-order valence-electron chi connectivity index (χ2n) is 4.66. The molecule has 0 aliphatic carbocycles. The van der Waals surface area contributed by atoms with Gasteiger partial charge in [0.05, 0.1) is 0 Å². The van der Waals surface area contributed by atoms with E-state index in [1.54, 1.807) is 0 Å². The van der Waals surface area contributed by atoms with Crippen molar-refractivity contribution in [1.82, 2.24) is 5.32 Å². The van der Waals surface area contributed by atoms with Gasteiger partial charge in [-0.15, -0.1) is 0 Å². The number of carbonyl (C=O) groups excluding carboxylic acids is 1. The summed E-state index contributed by atoms with van der Waals surface area (Å²) in [6, 6.07) is 10.2. The van der Waals surface area contributed by atoms with Gasteiger partial charge >= 0.3 is 0 Å². The van der Waals surface area contributed by atoms with Crippen LogP contribution in [-0.2, 0) is 14.9 Å². The zero-order valence-corrected chi connectivity index (χ0v) is 10.8. The van der Waals surface area contributed by atoms with E-state index in [-0.39, 0.29) is 17.9 Å². The van der Waals surface area contributed by atoms with Gasteiger partial charge in [0.1, 0.15) is 6.61 Å². The van der Waals surface area contributed by atoms with Crippen LogP contribution in [0.5, 0.6) is 0 Å². The van der Waals surface area contributed by atoms with Crippen molar-refractivity contribution in [2.75, 3.05) is 19.8 Å². The topological polar surface area (TPSA) is 38.3 Å². The van der Waals surface area contributed by atoms with E-state index in [2.05, 4.69) is 31.3 Å². The summed E-state index contributed by atoms with van der Waals surface area (Å²) in [4.78, 5) is 11.4. The lowest BCUT2D eigenvalue weighted by Gasteiger charge is -2.25. The van der Waals surface area contributed by atoms with Crippen LogP contribution in [0.2, 0.25) is 0 Å². The average Bonchev–Trinajstić information content (AvgIpc) is 2.35. The molecule has 1 N–H and O–H groups in total. The molecule has 0 saturated heterocycles. The summed E-state index contributed by atoms with van der Waals surface area (Å²) in [7, 11) is 0. The van der Waals surface area contributed by atoms with Gasteiger partial charge in [0.25, 0.3) is 0 Å². The molecule has 0 aliphatic heterocycles. The third-order valence-electron chi connectivity index (χ3n) is 2.72. The molecule has 3 nitrogen and oxygen atoms in total. The molecule has 17 heavy (non-hydrogen) atoms. The van der Waals surface area contributed by atoms with Crippen LogP contribution >= 0.6 is 0 Å². The van der Waals surface area contributed by atoms with Gasteiger partial charge in [-0.05, 0) is 12.5 Å². The van der Waals surface area contributed by atoms with Crippen molar-refractivity contribution in [3.8, 4) is 0 Å². The Labute approximate surface area is 103 Å². The van der Waals surface area contributed by atoms with Crippen molar-refractivity contribution < 1.29 is 9.53 Å². The normalized spacial score (nSPS) is 11.2. The maximum Gasteiger partial charge on any atom is 0.246 e. The summed E-state index contributed by atoms with van der Waals surface area (Å²) in [5.41, 5.74) is 1.15. The van der Waals surface area contributed by atoms with Crippen LogP contribution < -0.4 is 5.32 Å². The number of carbonyl (C=O) groups is 1. The first kappa shape index (κ1) is 13.7. The van der Waals surface area contributed by atoms with Gasteiger partial charge in [0, 0.05) is 18.6 Å². The molecular weight excluding hydrogens is 214 g/mol. The van der Waals surface area contributed by atoms with E-state index < -0.39 is 0 Å². The largest absolute Gasteiger partial charge is 0.372 e. The molecule has 0 aliphatic rings. The molecule has 0 bridgehead atoms. The van der Waals surface area contributed by atoms with Crippen molar-refractivity contribution in [3.63, 3.8) is 0 Å². The summed E-state index contributed by atoms with van der Waals surface area (Å²) in [5, 5.41) is 2.89. The van der Waals surface area contributed by atoms with Gasteiger partial charge in [0.2, 0.25) is 5.91 Å². The molecule has 0 atom stereocenters. The molecule has 0 saturated carbocycles. The Bertz CT molecular complexity index is 346. The van der Waals surface area contributed by atoms with Crippen molar-refractivity contribution in [3.05, 3.63) is 35.9 Å². The molecule has 0 unspecified atom stereocenters. The average molecular weight is 235 g/mol. The van der Waals surface area contributed by atoms with Gasteiger partial charge in [-0.25, -0.2) is 0 Å². The highest BCUT2D eigenvalue weighted by Crippen LogP contribution is 2.21. The molecular formula is C14H21NO2. The summed E-state index contributed by atoms with van der Waals surface area (Å²) in [5.74, 6) is -0.0594. The van der Waals surface area contributed by atoms with Gasteiger partial charge in [-0.2, -0.15) is 0 Å². The number of benzene rings is 1. The lowest BCUT2D eigenvalue weighted by atomic mass is 9.84. The first-order chi connectivity index (χ1) is 8.06. The maximum atomic E-state index is 11.4. The van der Waals surface area contributed by atoms with Crippen LogP contribution in [0.25, 0.3) is 0 Å². The monoisotopic (exact) mass is 235 g/mol. The van der Waals surface area contributed by atoms with Crippen molar-refractivity contribution in [2.45, 2.75) is 26.2 Å². The molecule has 0 radical (unpaired) electrons. The summed E-state index contributed by atoms with van der Waals surface area (Å²) in [6.45, 7) is 7.42. The number of ether oxygens (including phenoxy) is 1. The van der Waals surface area contributed by atoms with Crippen molar-refractivity contribution >= 4 is 5.91 Å². The molecule has 3 heteroatoms. The summed E-state index contributed by atoms with van der Waals surface area (Å²) >= 11 is 0. The lowest BCUT2D eigenvalue weighted by Crippen LogP contribution is -2.38. The van der Waals surface area contributed by atoms with E-state index >= 15 is 0 Å². The summed E-state index contributed by atoms with van der Waals surface area (Å²) in [6.07, 6.45) is 0. The van der Waals surface area contributed by atoms with Crippen LogP contribution in [0.1, 0.15) is 26.3 Å². The third kappa shape index (κ3) is 4.57. The number of hydrogen-bond donors (Lipinski definition) is 1. The van der Waals surface area contributed by atoms with Gasteiger partial charge in [-0.1, -0.05) is 44.2 Å². The number of rotatable bonds is 6. The van der Waals surface area contributed by atoms with Crippen molar-refractivity contribution in [1.29, 1.82) is 0 Å². The second-order valence-corrected chi connectivity index (χ2v) is 4.66. The quantitative estimate of drug-likeness (QED) is 0.820. The van der Waals surface area contributed by atoms with Gasteiger partial charge < -0.3 is 10.1 Å². The molecule has 0 heterocycles. The van der Waals surface area contributed by atoms with Crippen LogP contribution in [-0.4, -0.2) is 25.7 Å². The van der Waals surface area contributed by atoms with E-state index in [0.717, 1.165) is 0 Å². The Kier molecular flexibility index (Phi) is 5.16. The second kappa shape index (κ2) is 6.40.